The number of nitrogens with one attached hydrogen (secondary N) is 2. The maximum Gasteiger partial charge on any atom is 0.409 e. The number of sulfone groups is 1. The number of piperidine rings is 1. The summed E-state index contributed by atoms with van der Waals surface area (Å²) in [6.07, 6.45) is 1.33. The van der Waals surface area contributed by atoms with E-state index in [1.807, 2.05) is 0 Å². The van der Waals surface area contributed by atoms with Crippen molar-refractivity contribution in [2.75, 3.05) is 44.8 Å². The van der Waals surface area contributed by atoms with Gasteiger partial charge in [0.2, 0.25) is 0 Å². The van der Waals surface area contributed by atoms with Gasteiger partial charge in [0.25, 0.3) is 0 Å². The van der Waals surface area contributed by atoms with E-state index >= 15 is 0 Å². The molecule has 1 aliphatic heterocycles. The number of ether oxygens (including phenoxy) is 1. The average molecular weight is 348 g/mol. The minimum atomic E-state index is -2.98. The Morgan fingerprint density at radius 1 is 1.30 bits per heavy atom. The third-order valence-corrected chi connectivity index (χ3v) is 5.44. The summed E-state index contributed by atoms with van der Waals surface area (Å²) < 4.78 is 27.9. The molecule has 2 N–H and O–H groups in total. The van der Waals surface area contributed by atoms with Crippen molar-refractivity contribution in [1.29, 1.82) is 0 Å². The van der Waals surface area contributed by atoms with Gasteiger partial charge in [-0.1, -0.05) is 6.92 Å². The largest absolute Gasteiger partial charge is 0.450 e. The van der Waals surface area contributed by atoms with Gasteiger partial charge in [-0.3, -0.25) is 4.99 Å². The van der Waals surface area contributed by atoms with Gasteiger partial charge in [-0.2, -0.15) is 0 Å². The zero-order chi connectivity index (χ0) is 17.3. The lowest BCUT2D eigenvalue weighted by atomic mass is 10.1. The molecule has 9 heteroatoms. The van der Waals surface area contributed by atoms with E-state index in [0.717, 1.165) is 12.8 Å². The zero-order valence-electron chi connectivity index (χ0n) is 14.2. The molecular formula is C14H28N4O4S. The Bertz CT molecular complexity index is 499. The maximum absolute atomic E-state index is 11.6. The molecule has 1 fully saturated rings. The van der Waals surface area contributed by atoms with Crippen LogP contribution in [0, 0.1) is 0 Å². The van der Waals surface area contributed by atoms with Gasteiger partial charge < -0.3 is 20.3 Å². The Balaban J connectivity index is 2.34. The van der Waals surface area contributed by atoms with E-state index in [2.05, 4.69) is 15.6 Å². The fourth-order valence-electron chi connectivity index (χ4n) is 2.28. The molecule has 0 aromatic heterocycles. The minimum Gasteiger partial charge on any atom is -0.450 e. The van der Waals surface area contributed by atoms with E-state index in [1.165, 1.54) is 0 Å². The molecule has 1 aliphatic rings. The van der Waals surface area contributed by atoms with Gasteiger partial charge in [0.15, 0.2) is 15.8 Å². The smallest absolute Gasteiger partial charge is 0.409 e. The van der Waals surface area contributed by atoms with E-state index in [9.17, 15) is 13.2 Å². The van der Waals surface area contributed by atoms with E-state index in [-0.39, 0.29) is 23.6 Å². The molecule has 1 rings (SSSR count). The lowest BCUT2D eigenvalue weighted by Crippen LogP contribution is -2.50. The monoisotopic (exact) mass is 348 g/mol. The van der Waals surface area contributed by atoms with E-state index in [1.54, 1.807) is 25.8 Å². The van der Waals surface area contributed by atoms with Crippen LogP contribution >= 0.6 is 0 Å². The Kier molecular flexibility index (Phi) is 8.15. The van der Waals surface area contributed by atoms with E-state index in [4.69, 9.17) is 4.74 Å². The molecule has 0 aromatic carbocycles. The summed E-state index contributed by atoms with van der Waals surface area (Å²) in [7, 11) is -1.33. The quantitative estimate of drug-likeness (QED) is 0.526. The summed E-state index contributed by atoms with van der Waals surface area (Å²) in [6.45, 7) is 5.42. The molecule has 0 radical (unpaired) electrons. The van der Waals surface area contributed by atoms with Crippen molar-refractivity contribution < 1.29 is 17.9 Å². The Hall–Kier alpha value is -1.51. The van der Waals surface area contributed by atoms with Crippen molar-refractivity contribution in [1.82, 2.24) is 15.5 Å². The van der Waals surface area contributed by atoms with Crippen LogP contribution < -0.4 is 10.6 Å². The van der Waals surface area contributed by atoms with Crippen LogP contribution in [0.3, 0.4) is 0 Å². The molecular weight excluding hydrogens is 320 g/mol. The number of hydrogen-bond donors (Lipinski definition) is 2. The van der Waals surface area contributed by atoms with Crippen molar-refractivity contribution in [3.8, 4) is 0 Å². The SMILES string of the molecule is CCOC(=O)N1CCC(NC(=NC)NCCS(=O)(=O)CC)CC1. The van der Waals surface area contributed by atoms with Gasteiger partial charge in [0.05, 0.1) is 12.4 Å². The van der Waals surface area contributed by atoms with Crippen LogP contribution in [-0.2, 0) is 14.6 Å². The standard InChI is InChI=1S/C14H28N4O4S/c1-4-22-14(19)18-9-6-12(7-10-18)17-13(15-3)16-8-11-23(20,21)5-2/h12H,4-11H2,1-3H3,(H2,15,16,17). The van der Waals surface area contributed by atoms with Crippen molar-refractivity contribution >= 4 is 21.9 Å². The summed E-state index contributed by atoms with van der Waals surface area (Å²) >= 11 is 0. The summed E-state index contributed by atoms with van der Waals surface area (Å²) in [5.41, 5.74) is 0. The molecule has 8 nitrogen and oxygen atoms in total. The number of aliphatic imine (C=N–C) groups is 1. The number of amides is 1. The van der Waals surface area contributed by atoms with Crippen LogP contribution in [0.15, 0.2) is 4.99 Å². The normalized spacial score (nSPS) is 17.0. The van der Waals surface area contributed by atoms with Gasteiger partial charge in [0, 0.05) is 38.5 Å². The summed E-state index contributed by atoms with van der Waals surface area (Å²) in [5, 5.41) is 6.28. The first-order valence-electron chi connectivity index (χ1n) is 8.01. The number of carbonyl (C=O) groups excluding carboxylic acids is 1. The fourth-order valence-corrected chi connectivity index (χ4v) is 2.98. The predicted molar refractivity (Wildman–Crippen MR) is 90.4 cm³/mol. The van der Waals surface area contributed by atoms with Crippen LogP contribution in [0.1, 0.15) is 26.7 Å². The van der Waals surface area contributed by atoms with Gasteiger partial charge in [-0.05, 0) is 19.8 Å². The molecule has 1 heterocycles. The van der Waals surface area contributed by atoms with Gasteiger partial charge >= 0.3 is 6.09 Å². The first kappa shape index (κ1) is 19.5. The molecule has 1 amide bonds. The summed E-state index contributed by atoms with van der Waals surface area (Å²) in [5.74, 6) is 0.823. The van der Waals surface area contributed by atoms with Crippen molar-refractivity contribution in [3.63, 3.8) is 0 Å². The van der Waals surface area contributed by atoms with E-state index < -0.39 is 9.84 Å². The number of guanidine groups is 1. The first-order chi connectivity index (χ1) is 10.9. The highest BCUT2D eigenvalue weighted by molar-refractivity contribution is 7.91. The third-order valence-electron chi connectivity index (χ3n) is 3.73. The van der Waals surface area contributed by atoms with E-state index in [0.29, 0.717) is 32.2 Å². The summed E-state index contributed by atoms with van der Waals surface area (Å²) in [6, 6.07) is 0.203. The summed E-state index contributed by atoms with van der Waals surface area (Å²) in [4.78, 5) is 17.4. The van der Waals surface area contributed by atoms with Crippen molar-refractivity contribution in [3.05, 3.63) is 0 Å². The number of carbonyl (C=O) groups is 1. The second-order valence-corrected chi connectivity index (χ2v) is 7.81. The molecule has 0 spiro atoms. The molecule has 0 saturated carbocycles. The van der Waals surface area contributed by atoms with Gasteiger partial charge in [-0.15, -0.1) is 0 Å². The van der Waals surface area contributed by atoms with Crippen LogP contribution in [0.5, 0.6) is 0 Å². The molecule has 0 atom stereocenters. The second-order valence-electron chi connectivity index (χ2n) is 5.34. The first-order valence-corrected chi connectivity index (χ1v) is 9.83. The molecule has 0 aromatic rings. The van der Waals surface area contributed by atoms with Crippen LogP contribution in [-0.4, -0.2) is 76.2 Å². The number of hydrogen-bond acceptors (Lipinski definition) is 5. The zero-order valence-corrected chi connectivity index (χ0v) is 15.0. The lowest BCUT2D eigenvalue weighted by Gasteiger charge is -2.32. The Morgan fingerprint density at radius 2 is 1.96 bits per heavy atom. The van der Waals surface area contributed by atoms with Crippen LogP contribution in [0.25, 0.3) is 0 Å². The minimum absolute atomic E-state index is 0.0888. The topological polar surface area (TPSA) is 100 Å². The lowest BCUT2D eigenvalue weighted by molar-refractivity contribution is 0.0963. The number of likely N-dealkylation sites (tertiary alicyclic amines) is 1. The predicted octanol–water partition coefficient (Wildman–Crippen LogP) is 0.207. The molecule has 0 unspecified atom stereocenters. The molecule has 23 heavy (non-hydrogen) atoms. The van der Waals surface area contributed by atoms with Crippen molar-refractivity contribution in [2.45, 2.75) is 32.7 Å². The molecule has 134 valence electrons. The molecule has 0 aliphatic carbocycles. The Morgan fingerprint density at radius 3 is 2.48 bits per heavy atom. The number of rotatable bonds is 6. The molecule has 0 bridgehead atoms. The van der Waals surface area contributed by atoms with Crippen LogP contribution in [0.4, 0.5) is 4.79 Å². The fraction of sp³-hybridized carbons (Fsp3) is 0.857. The highest BCUT2D eigenvalue weighted by Crippen LogP contribution is 2.11. The highest BCUT2D eigenvalue weighted by atomic mass is 32.2. The van der Waals surface area contributed by atoms with Crippen LogP contribution in [0.2, 0.25) is 0 Å². The highest BCUT2D eigenvalue weighted by Gasteiger charge is 2.24. The Labute approximate surface area is 138 Å². The second kappa shape index (κ2) is 9.59. The number of nitrogens with zero attached hydrogens (tertiary/aromatic N) is 2. The molecule has 1 saturated heterocycles. The van der Waals surface area contributed by atoms with Crippen molar-refractivity contribution in [2.24, 2.45) is 4.99 Å². The third kappa shape index (κ3) is 7.06. The average Bonchev–Trinajstić information content (AvgIpc) is 2.54. The van der Waals surface area contributed by atoms with Gasteiger partial charge in [-0.25, -0.2) is 13.2 Å². The maximum atomic E-state index is 11.6. The van der Waals surface area contributed by atoms with Gasteiger partial charge in [0.1, 0.15) is 0 Å².